The summed E-state index contributed by atoms with van der Waals surface area (Å²) in [5, 5.41) is 0. The van der Waals surface area contributed by atoms with Crippen LogP contribution in [0.2, 0.25) is 0 Å². The normalized spacial score (nSPS) is 13.2. The van der Waals surface area contributed by atoms with E-state index >= 15 is 0 Å². The van der Waals surface area contributed by atoms with E-state index < -0.39 is 0 Å². The molecule has 0 aromatic heterocycles. The Morgan fingerprint density at radius 2 is 1.21 bits per heavy atom. The van der Waals surface area contributed by atoms with E-state index in [0.29, 0.717) is 37.4 Å². The Labute approximate surface area is 228 Å². The second-order valence-corrected chi connectivity index (χ2v) is 10.2. The Kier molecular flexibility index (Phi) is 13.0. The van der Waals surface area contributed by atoms with Gasteiger partial charge in [-0.05, 0) is 61.1 Å². The number of unbranched alkanes of at least 4 members (excludes halogenated alkanes) is 9. The van der Waals surface area contributed by atoms with Crippen LogP contribution in [-0.2, 0) is 14.3 Å². The highest BCUT2D eigenvalue weighted by atomic mass is 16.5. The second-order valence-electron chi connectivity index (χ2n) is 10.2. The first-order valence-corrected chi connectivity index (χ1v) is 14.5. The summed E-state index contributed by atoms with van der Waals surface area (Å²) in [6.45, 7) is 3.27. The molecule has 204 valence electrons. The largest absolute Gasteiger partial charge is 0.494 e. The first kappa shape index (κ1) is 29.5. The SMILES string of the molecule is CCCCOC(=O)c1ccc(-c2ccc(OCCCCCCCCCCC[C+]3C(=O)CCC3=O)cc2)cc1. The summed E-state index contributed by atoms with van der Waals surface area (Å²) >= 11 is 0. The molecule has 1 saturated carbocycles. The summed E-state index contributed by atoms with van der Waals surface area (Å²) in [5.74, 6) is 1.36. The fourth-order valence-corrected chi connectivity index (χ4v) is 4.73. The monoisotopic (exact) mass is 519 g/mol. The molecule has 5 heteroatoms. The van der Waals surface area contributed by atoms with Crippen molar-refractivity contribution in [3.63, 3.8) is 0 Å². The molecule has 0 N–H and O–H groups in total. The van der Waals surface area contributed by atoms with Crippen molar-refractivity contribution in [1.82, 2.24) is 0 Å². The zero-order valence-corrected chi connectivity index (χ0v) is 23.0. The highest BCUT2D eigenvalue weighted by molar-refractivity contribution is 6.21. The Hall–Kier alpha value is -3.08. The van der Waals surface area contributed by atoms with Gasteiger partial charge in [-0.1, -0.05) is 76.1 Å². The zero-order valence-electron chi connectivity index (χ0n) is 23.0. The summed E-state index contributed by atoms with van der Waals surface area (Å²) in [5.41, 5.74) is 2.72. The molecule has 2 aromatic carbocycles. The summed E-state index contributed by atoms with van der Waals surface area (Å²) in [6.07, 6.45) is 13.9. The summed E-state index contributed by atoms with van der Waals surface area (Å²) < 4.78 is 11.2. The van der Waals surface area contributed by atoms with Gasteiger partial charge in [0.15, 0.2) is 0 Å². The maximum absolute atomic E-state index is 12.1. The van der Waals surface area contributed by atoms with Gasteiger partial charge in [0.25, 0.3) is 0 Å². The van der Waals surface area contributed by atoms with E-state index in [2.05, 4.69) is 6.92 Å². The van der Waals surface area contributed by atoms with Crippen LogP contribution in [-0.4, -0.2) is 30.7 Å². The minimum Gasteiger partial charge on any atom is -0.494 e. The smallest absolute Gasteiger partial charge is 0.338 e. The summed E-state index contributed by atoms with van der Waals surface area (Å²) in [7, 11) is 0. The van der Waals surface area contributed by atoms with Gasteiger partial charge in [0, 0.05) is 0 Å². The van der Waals surface area contributed by atoms with E-state index in [4.69, 9.17) is 9.47 Å². The summed E-state index contributed by atoms with van der Waals surface area (Å²) in [4.78, 5) is 35.3. The number of ketones is 2. The van der Waals surface area contributed by atoms with Crippen molar-refractivity contribution in [3.05, 3.63) is 60.0 Å². The molecule has 0 spiro atoms. The lowest BCUT2D eigenvalue weighted by Crippen LogP contribution is -2.11. The van der Waals surface area contributed by atoms with Gasteiger partial charge >= 0.3 is 17.5 Å². The lowest BCUT2D eigenvalue weighted by atomic mass is 9.97. The van der Waals surface area contributed by atoms with Crippen molar-refractivity contribution in [2.24, 2.45) is 0 Å². The van der Waals surface area contributed by atoms with E-state index in [1.54, 1.807) is 0 Å². The molecular formula is C33H43O5+. The van der Waals surface area contributed by atoms with Crippen molar-refractivity contribution in [2.75, 3.05) is 13.2 Å². The van der Waals surface area contributed by atoms with Crippen LogP contribution < -0.4 is 4.74 Å². The van der Waals surface area contributed by atoms with Gasteiger partial charge in [0.1, 0.15) is 12.2 Å². The van der Waals surface area contributed by atoms with Crippen LogP contribution in [0.3, 0.4) is 0 Å². The quantitative estimate of drug-likeness (QED) is 0.113. The van der Waals surface area contributed by atoms with Gasteiger partial charge in [-0.2, -0.15) is 0 Å². The van der Waals surface area contributed by atoms with Crippen molar-refractivity contribution in [1.29, 1.82) is 0 Å². The third-order valence-electron chi connectivity index (χ3n) is 7.13. The van der Waals surface area contributed by atoms with Crippen molar-refractivity contribution in [2.45, 2.75) is 96.8 Å². The maximum atomic E-state index is 12.1. The number of benzene rings is 2. The molecule has 5 nitrogen and oxygen atoms in total. The number of ether oxygens (including phenoxy) is 2. The van der Waals surface area contributed by atoms with E-state index in [-0.39, 0.29) is 17.5 Å². The van der Waals surface area contributed by atoms with Gasteiger partial charge in [0.05, 0.1) is 31.6 Å². The van der Waals surface area contributed by atoms with Gasteiger partial charge in [0.2, 0.25) is 5.92 Å². The molecule has 0 heterocycles. The van der Waals surface area contributed by atoms with Crippen LogP contribution in [0.15, 0.2) is 48.5 Å². The predicted octanol–water partition coefficient (Wildman–Crippen LogP) is 8.10. The molecule has 0 atom stereocenters. The van der Waals surface area contributed by atoms with Gasteiger partial charge in [-0.25, -0.2) is 14.4 Å². The Bertz CT molecular complexity index is 977. The maximum Gasteiger partial charge on any atom is 0.338 e. The van der Waals surface area contributed by atoms with Crippen LogP contribution in [0.4, 0.5) is 0 Å². The third-order valence-corrected chi connectivity index (χ3v) is 7.13. The lowest BCUT2D eigenvalue weighted by molar-refractivity contribution is -0.119. The topological polar surface area (TPSA) is 69.7 Å². The Morgan fingerprint density at radius 3 is 1.79 bits per heavy atom. The molecular weight excluding hydrogens is 476 g/mol. The van der Waals surface area contributed by atoms with Crippen LogP contribution in [0.1, 0.15) is 107 Å². The highest BCUT2D eigenvalue weighted by Crippen LogP contribution is 2.26. The first-order chi connectivity index (χ1) is 18.6. The van der Waals surface area contributed by atoms with E-state index in [1.165, 1.54) is 38.5 Å². The molecule has 38 heavy (non-hydrogen) atoms. The number of hydrogen-bond donors (Lipinski definition) is 0. The van der Waals surface area contributed by atoms with Gasteiger partial charge in [-0.15, -0.1) is 0 Å². The molecule has 0 bridgehead atoms. The second kappa shape index (κ2) is 16.7. The number of esters is 1. The fraction of sp³-hybridized carbons (Fsp3) is 0.515. The average Bonchev–Trinajstić information content (AvgIpc) is 3.26. The van der Waals surface area contributed by atoms with E-state index in [1.807, 2.05) is 48.5 Å². The summed E-state index contributed by atoms with van der Waals surface area (Å²) in [6, 6.07) is 15.6. The molecule has 2 aromatic rings. The van der Waals surface area contributed by atoms with Crippen LogP contribution >= 0.6 is 0 Å². The van der Waals surface area contributed by atoms with E-state index in [0.717, 1.165) is 55.6 Å². The molecule has 0 radical (unpaired) electrons. The van der Waals surface area contributed by atoms with Crippen LogP contribution in [0.25, 0.3) is 11.1 Å². The van der Waals surface area contributed by atoms with Gasteiger partial charge < -0.3 is 9.47 Å². The number of rotatable bonds is 18. The van der Waals surface area contributed by atoms with E-state index in [9.17, 15) is 14.4 Å². The number of Topliss-reactive ketones (excluding diaryl/α,β-unsaturated/α-hetero) is 2. The molecule has 0 amide bonds. The third kappa shape index (κ3) is 10.00. The van der Waals surface area contributed by atoms with Crippen molar-refractivity contribution in [3.8, 4) is 16.9 Å². The van der Waals surface area contributed by atoms with Crippen molar-refractivity contribution < 1.29 is 23.9 Å². The Morgan fingerprint density at radius 1 is 0.684 bits per heavy atom. The molecule has 0 unspecified atom stereocenters. The van der Waals surface area contributed by atoms with Crippen LogP contribution in [0.5, 0.6) is 5.75 Å². The number of carbonyl (C=O) groups excluding carboxylic acids is 3. The Balaban J connectivity index is 1.20. The highest BCUT2D eigenvalue weighted by Gasteiger charge is 2.45. The first-order valence-electron chi connectivity index (χ1n) is 14.5. The number of carbonyl (C=O) groups is 3. The minimum atomic E-state index is -0.267. The predicted molar refractivity (Wildman–Crippen MR) is 151 cm³/mol. The zero-order chi connectivity index (χ0) is 27.0. The molecule has 1 aliphatic carbocycles. The lowest BCUT2D eigenvalue weighted by Gasteiger charge is -2.08. The fourth-order valence-electron chi connectivity index (χ4n) is 4.73. The molecule has 1 fully saturated rings. The molecule has 0 aliphatic heterocycles. The minimum absolute atomic E-state index is 0.0841. The molecule has 3 rings (SSSR count). The number of hydrogen-bond acceptors (Lipinski definition) is 5. The molecule has 0 saturated heterocycles. The van der Waals surface area contributed by atoms with Crippen molar-refractivity contribution >= 4 is 17.5 Å². The van der Waals surface area contributed by atoms with Gasteiger partial charge in [-0.3, -0.25) is 0 Å². The van der Waals surface area contributed by atoms with Crippen LogP contribution in [0, 0.1) is 5.92 Å². The standard InChI is InChI=1S/C33H43O5/c1-2-3-24-38-33(36)28-16-14-26(15-17-28)27-18-20-29(21-19-27)37-25-12-10-8-6-4-5-7-9-11-13-30-31(34)22-23-32(30)35/h14-21H,2-13,22-25H2,1H3/q+1. The molecule has 1 aliphatic rings. The average molecular weight is 520 g/mol.